The van der Waals surface area contributed by atoms with Crippen molar-refractivity contribution in [1.29, 1.82) is 0 Å². The molecule has 0 saturated heterocycles. The molecule has 4 heteroatoms. The molecule has 0 aliphatic heterocycles. The molecule has 0 bridgehead atoms. The van der Waals surface area contributed by atoms with Gasteiger partial charge in [0, 0.05) is 20.9 Å². The van der Waals surface area contributed by atoms with E-state index in [2.05, 4.69) is 12.1 Å². The molecular weight excluding hydrogens is 290 g/mol. The summed E-state index contributed by atoms with van der Waals surface area (Å²) in [7, 11) is 1.67. The summed E-state index contributed by atoms with van der Waals surface area (Å²) in [5.41, 5.74) is 7.02. The predicted molar refractivity (Wildman–Crippen MR) is 85.9 cm³/mol. The minimum atomic E-state index is 0.0829. The Morgan fingerprint density at radius 2 is 2.00 bits per heavy atom. The van der Waals surface area contributed by atoms with Crippen molar-refractivity contribution in [3.05, 3.63) is 53.1 Å². The first-order valence-electron chi connectivity index (χ1n) is 6.45. The van der Waals surface area contributed by atoms with Gasteiger partial charge in [0.1, 0.15) is 5.75 Å². The Morgan fingerprint density at radius 1 is 1.25 bits per heavy atom. The maximum Gasteiger partial charge on any atom is 0.119 e. The van der Waals surface area contributed by atoms with Gasteiger partial charge in [-0.15, -0.1) is 0 Å². The van der Waals surface area contributed by atoms with Crippen molar-refractivity contribution in [1.82, 2.24) is 0 Å². The molecule has 0 spiro atoms. The first-order chi connectivity index (χ1) is 9.60. The second-order valence-corrected chi connectivity index (χ2v) is 6.20. The molecule has 2 nitrogen and oxygen atoms in total. The van der Waals surface area contributed by atoms with Gasteiger partial charge in [-0.2, -0.15) is 0 Å². The highest BCUT2D eigenvalue weighted by Gasteiger charge is 2.10. The Kier molecular flexibility index (Phi) is 5.35. The van der Waals surface area contributed by atoms with Crippen LogP contribution in [0.15, 0.2) is 52.3 Å². The van der Waals surface area contributed by atoms with Crippen LogP contribution in [-0.2, 0) is 6.42 Å². The lowest BCUT2D eigenvalue weighted by molar-refractivity contribution is 0.413. The van der Waals surface area contributed by atoms with Gasteiger partial charge in [0.05, 0.1) is 7.11 Å². The van der Waals surface area contributed by atoms with Crippen molar-refractivity contribution in [3.63, 3.8) is 0 Å². The van der Waals surface area contributed by atoms with E-state index in [1.807, 2.05) is 37.3 Å². The fourth-order valence-electron chi connectivity index (χ4n) is 1.95. The number of ether oxygens (including phenoxy) is 1. The maximum absolute atomic E-state index is 6.30. The molecule has 2 rings (SSSR count). The Hall–Kier alpha value is -1.16. The van der Waals surface area contributed by atoms with E-state index in [0.717, 1.165) is 32.5 Å². The molecule has 2 aromatic rings. The van der Waals surface area contributed by atoms with Crippen LogP contribution in [0.3, 0.4) is 0 Å². The van der Waals surface area contributed by atoms with Crippen LogP contribution in [0, 0.1) is 0 Å². The van der Waals surface area contributed by atoms with Crippen molar-refractivity contribution in [2.45, 2.75) is 29.2 Å². The monoisotopic (exact) mass is 307 g/mol. The quantitative estimate of drug-likeness (QED) is 0.890. The molecule has 106 valence electrons. The average molecular weight is 308 g/mol. The standard InChI is InChI=1S/C16H18ClNOS/c1-11(18)9-14-15(17)7-4-8-16(14)20-13-6-3-5-12(10-13)19-2/h3-8,10-11H,9,18H2,1-2H3. The van der Waals surface area contributed by atoms with Crippen LogP contribution >= 0.6 is 23.4 Å². The van der Waals surface area contributed by atoms with E-state index in [9.17, 15) is 0 Å². The number of rotatable bonds is 5. The van der Waals surface area contributed by atoms with Gasteiger partial charge in [0.15, 0.2) is 0 Å². The van der Waals surface area contributed by atoms with Crippen LogP contribution in [0.1, 0.15) is 12.5 Å². The second-order valence-electron chi connectivity index (χ2n) is 4.68. The molecule has 2 N–H and O–H groups in total. The molecule has 0 radical (unpaired) electrons. The molecule has 2 aromatic carbocycles. The smallest absolute Gasteiger partial charge is 0.119 e. The zero-order valence-electron chi connectivity index (χ0n) is 11.6. The van der Waals surface area contributed by atoms with Crippen LogP contribution in [-0.4, -0.2) is 13.2 Å². The van der Waals surface area contributed by atoms with Gasteiger partial charge in [-0.3, -0.25) is 0 Å². The Balaban J connectivity index is 2.30. The Bertz CT molecular complexity index is 586. The molecule has 1 atom stereocenters. The molecular formula is C16H18ClNOS. The average Bonchev–Trinajstić information content (AvgIpc) is 2.42. The van der Waals surface area contributed by atoms with Gasteiger partial charge in [-0.05, 0) is 49.2 Å². The van der Waals surface area contributed by atoms with Crippen molar-refractivity contribution >= 4 is 23.4 Å². The molecule has 0 fully saturated rings. The van der Waals surface area contributed by atoms with E-state index in [1.165, 1.54) is 0 Å². The maximum atomic E-state index is 6.30. The SMILES string of the molecule is COc1cccc(Sc2cccc(Cl)c2CC(C)N)c1. The molecule has 0 aliphatic carbocycles. The fourth-order valence-corrected chi connectivity index (χ4v) is 3.29. The third kappa shape index (κ3) is 3.92. The summed E-state index contributed by atoms with van der Waals surface area (Å²) in [6.07, 6.45) is 0.770. The van der Waals surface area contributed by atoms with Gasteiger partial charge in [-0.25, -0.2) is 0 Å². The molecule has 0 saturated carbocycles. The lowest BCUT2D eigenvalue weighted by atomic mass is 10.1. The van der Waals surface area contributed by atoms with E-state index >= 15 is 0 Å². The number of hydrogen-bond acceptors (Lipinski definition) is 3. The Morgan fingerprint density at radius 3 is 2.70 bits per heavy atom. The summed E-state index contributed by atoms with van der Waals surface area (Å²) in [6, 6.07) is 14.0. The van der Waals surface area contributed by atoms with Crippen molar-refractivity contribution < 1.29 is 4.74 Å². The third-order valence-electron chi connectivity index (χ3n) is 2.87. The van der Waals surface area contributed by atoms with Crippen LogP contribution in [0.2, 0.25) is 5.02 Å². The van der Waals surface area contributed by atoms with Gasteiger partial charge in [0.2, 0.25) is 0 Å². The van der Waals surface area contributed by atoms with E-state index in [-0.39, 0.29) is 6.04 Å². The van der Waals surface area contributed by atoms with Gasteiger partial charge >= 0.3 is 0 Å². The van der Waals surface area contributed by atoms with Gasteiger partial charge < -0.3 is 10.5 Å². The first-order valence-corrected chi connectivity index (χ1v) is 7.64. The van der Waals surface area contributed by atoms with Crippen molar-refractivity contribution in [2.24, 2.45) is 5.73 Å². The second kappa shape index (κ2) is 7.02. The topological polar surface area (TPSA) is 35.2 Å². The highest BCUT2D eigenvalue weighted by atomic mass is 35.5. The minimum Gasteiger partial charge on any atom is -0.497 e. The minimum absolute atomic E-state index is 0.0829. The van der Waals surface area contributed by atoms with Crippen LogP contribution in [0.4, 0.5) is 0 Å². The summed E-state index contributed by atoms with van der Waals surface area (Å²) < 4.78 is 5.25. The van der Waals surface area contributed by atoms with E-state index in [0.29, 0.717) is 0 Å². The summed E-state index contributed by atoms with van der Waals surface area (Å²) >= 11 is 7.98. The highest BCUT2D eigenvalue weighted by Crippen LogP contribution is 2.35. The third-order valence-corrected chi connectivity index (χ3v) is 4.32. The largest absolute Gasteiger partial charge is 0.497 e. The van der Waals surface area contributed by atoms with E-state index in [4.69, 9.17) is 22.1 Å². The number of nitrogens with two attached hydrogens (primary N) is 1. The normalized spacial score (nSPS) is 12.2. The molecule has 20 heavy (non-hydrogen) atoms. The van der Waals surface area contributed by atoms with E-state index in [1.54, 1.807) is 18.9 Å². The van der Waals surface area contributed by atoms with Crippen LogP contribution < -0.4 is 10.5 Å². The summed E-state index contributed by atoms with van der Waals surface area (Å²) in [4.78, 5) is 2.26. The number of hydrogen-bond donors (Lipinski definition) is 1. The number of halogens is 1. The molecule has 0 aliphatic rings. The van der Waals surface area contributed by atoms with Gasteiger partial charge in [-0.1, -0.05) is 35.5 Å². The molecule has 0 amide bonds. The summed E-state index contributed by atoms with van der Waals surface area (Å²) in [5.74, 6) is 0.853. The van der Waals surface area contributed by atoms with Crippen molar-refractivity contribution in [2.75, 3.05) is 7.11 Å². The van der Waals surface area contributed by atoms with Crippen molar-refractivity contribution in [3.8, 4) is 5.75 Å². The van der Waals surface area contributed by atoms with Crippen LogP contribution in [0.5, 0.6) is 5.75 Å². The first kappa shape index (κ1) is 15.2. The number of methoxy groups -OCH3 is 1. The molecule has 0 aromatic heterocycles. The summed E-state index contributed by atoms with van der Waals surface area (Å²) in [6.45, 7) is 1.99. The zero-order chi connectivity index (χ0) is 14.5. The Labute approximate surface area is 129 Å². The molecule has 1 unspecified atom stereocenters. The predicted octanol–water partition coefficient (Wildman–Crippen LogP) is 4.39. The zero-order valence-corrected chi connectivity index (χ0v) is 13.2. The summed E-state index contributed by atoms with van der Waals surface area (Å²) in [5, 5.41) is 0.773. The lowest BCUT2D eigenvalue weighted by Gasteiger charge is -2.13. The highest BCUT2D eigenvalue weighted by molar-refractivity contribution is 7.99. The van der Waals surface area contributed by atoms with Gasteiger partial charge in [0.25, 0.3) is 0 Å². The fraction of sp³-hybridized carbons (Fsp3) is 0.250. The van der Waals surface area contributed by atoms with Crippen LogP contribution in [0.25, 0.3) is 0 Å². The molecule has 0 heterocycles. The lowest BCUT2D eigenvalue weighted by Crippen LogP contribution is -2.18. The number of benzene rings is 2. The van der Waals surface area contributed by atoms with E-state index < -0.39 is 0 Å².